The first-order chi connectivity index (χ1) is 14.0. The Morgan fingerprint density at radius 1 is 0.967 bits per heavy atom. The van der Waals surface area contributed by atoms with Gasteiger partial charge in [-0.25, -0.2) is 0 Å². The highest BCUT2D eigenvalue weighted by Gasteiger charge is 2.31. The number of nitrogens with one attached hydrogen (secondary N) is 2. The molecule has 0 unspecified atom stereocenters. The molecule has 3 amide bonds. The minimum atomic E-state index is -0.953. The largest absolute Gasteiger partial charge is 0.372 e. The van der Waals surface area contributed by atoms with E-state index in [4.69, 9.17) is 16.2 Å². The highest BCUT2D eigenvalue weighted by molar-refractivity contribution is 5.92. The van der Waals surface area contributed by atoms with Crippen molar-refractivity contribution >= 4 is 17.7 Å². The summed E-state index contributed by atoms with van der Waals surface area (Å²) in [6, 6.07) is 6.96. The van der Waals surface area contributed by atoms with Crippen LogP contribution in [0.4, 0.5) is 0 Å². The van der Waals surface area contributed by atoms with Crippen LogP contribution in [0.15, 0.2) is 30.3 Å². The molecule has 0 saturated carbocycles. The third-order valence-corrected chi connectivity index (χ3v) is 4.78. The minimum Gasteiger partial charge on any atom is -0.372 e. The van der Waals surface area contributed by atoms with Gasteiger partial charge in [0.25, 0.3) is 0 Å². The molecule has 0 aromatic heterocycles. The van der Waals surface area contributed by atoms with Crippen molar-refractivity contribution in [3.05, 3.63) is 35.9 Å². The lowest BCUT2D eigenvalue weighted by atomic mass is 9.99. The Labute approximate surface area is 179 Å². The van der Waals surface area contributed by atoms with Crippen molar-refractivity contribution in [1.29, 1.82) is 0 Å². The van der Waals surface area contributed by atoms with Gasteiger partial charge in [0.15, 0.2) is 0 Å². The molecule has 0 heterocycles. The second kappa shape index (κ2) is 12.3. The number of carbonyl (C=O) groups excluding carboxylic acids is 3. The number of benzene rings is 1. The summed E-state index contributed by atoms with van der Waals surface area (Å²) in [6.07, 6.45) is -0.135. The van der Waals surface area contributed by atoms with Crippen LogP contribution in [0.25, 0.3) is 0 Å². The fourth-order valence-corrected chi connectivity index (χ4v) is 2.88. The number of rotatable bonds is 12. The molecule has 0 aliphatic carbocycles. The van der Waals surface area contributed by atoms with E-state index in [2.05, 4.69) is 10.6 Å². The normalized spacial score (nSPS) is 15.3. The van der Waals surface area contributed by atoms with Gasteiger partial charge in [-0.05, 0) is 30.7 Å². The Morgan fingerprint density at radius 3 is 2.07 bits per heavy atom. The quantitative estimate of drug-likeness (QED) is 0.401. The first kappa shape index (κ1) is 25.6. The Morgan fingerprint density at radius 2 is 1.57 bits per heavy atom. The Balaban J connectivity index is 2.70. The maximum atomic E-state index is 12.7. The van der Waals surface area contributed by atoms with E-state index in [-0.39, 0.29) is 11.8 Å². The van der Waals surface area contributed by atoms with Crippen molar-refractivity contribution in [2.45, 2.75) is 71.9 Å². The maximum absolute atomic E-state index is 12.7. The minimum absolute atomic E-state index is 0.172. The fraction of sp³-hybridized carbons (Fsp3) is 0.591. The number of hydrogen-bond donors (Lipinski definition) is 4. The van der Waals surface area contributed by atoms with E-state index in [9.17, 15) is 14.4 Å². The fourth-order valence-electron chi connectivity index (χ4n) is 2.88. The molecule has 0 aliphatic heterocycles. The van der Waals surface area contributed by atoms with Gasteiger partial charge in [0, 0.05) is 0 Å². The number of hydrogen-bond acceptors (Lipinski definition) is 5. The molecule has 168 valence electrons. The molecule has 30 heavy (non-hydrogen) atoms. The zero-order chi connectivity index (χ0) is 22.8. The molecule has 0 radical (unpaired) electrons. The first-order valence-electron chi connectivity index (χ1n) is 10.3. The summed E-state index contributed by atoms with van der Waals surface area (Å²) in [5, 5.41) is 5.33. The van der Waals surface area contributed by atoms with Crippen molar-refractivity contribution in [2.75, 3.05) is 0 Å². The summed E-state index contributed by atoms with van der Waals surface area (Å²) >= 11 is 0. The van der Waals surface area contributed by atoms with Crippen molar-refractivity contribution in [1.82, 2.24) is 10.6 Å². The van der Waals surface area contributed by atoms with Crippen molar-refractivity contribution in [2.24, 2.45) is 23.3 Å². The third-order valence-electron chi connectivity index (χ3n) is 4.78. The number of primary amides is 1. The number of nitrogens with two attached hydrogens (primary N) is 2. The second-order valence-corrected chi connectivity index (χ2v) is 8.35. The van der Waals surface area contributed by atoms with E-state index in [1.807, 2.05) is 44.2 Å². The van der Waals surface area contributed by atoms with Gasteiger partial charge >= 0.3 is 0 Å². The van der Waals surface area contributed by atoms with E-state index in [1.165, 1.54) is 0 Å². The average molecular weight is 421 g/mol. The molecular weight excluding hydrogens is 384 g/mol. The number of ether oxygens (including phenoxy) is 1. The van der Waals surface area contributed by atoms with Gasteiger partial charge in [0.05, 0.1) is 12.7 Å². The van der Waals surface area contributed by atoms with Crippen LogP contribution in [-0.4, -0.2) is 42.0 Å². The van der Waals surface area contributed by atoms with Gasteiger partial charge in [0.1, 0.15) is 18.1 Å². The van der Waals surface area contributed by atoms with Crippen LogP contribution in [0.3, 0.4) is 0 Å². The van der Waals surface area contributed by atoms with Crippen LogP contribution in [0, 0.1) is 11.8 Å². The molecule has 1 rings (SSSR count). The van der Waals surface area contributed by atoms with Gasteiger partial charge in [-0.3, -0.25) is 14.4 Å². The predicted octanol–water partition coefficient (Wildman–Crippen LogP) is 1.08. The van der Waals surface area contributed by atoms with Crippen LogP contribution in [-0.2, 0) is 25.7 Å². The first-order valence-corrected chi connectivity index (χ1v) is 10.3. The van der Waals surface area contributed by atoms with Gasteiger partial charge in [0.2, 0.25) is 17.7 Å². The van der Waals surface area contributed by atoms with Crippen molar-refractivity contribution in [3.8, 4) is 0 Å². The molecule has 6 N–H and O–H groups in total. The highest BCUT2D eigenvalue weighted by Crippen LogP contribution is 2.09. The molecule has 0 spiro atoms. The maximum Gasteiger partial charge on any atom is 0.243 e. The van der Waals surface area contributed by atoms with Gasteiger partial charge in [-0.1, -0.05) is 58.0 Å². The summed E-state index contributed by atoms with van der Waals surface area (Å²) < 4.78 is 5.71. The molecule has 8 heteroatoms. The van der Waals surface area contributed by atoms with Crippen LogP contribution in [0.5, 0.6) is 0 Å². The smallest absolute Gasteiger partial charge is 0.243 e. The monoisotopic (exact) mass is 420 g/mol. The van der Waals surface area contributed by atoms with Crippen LogP contribution in [0.1, 0.15) is 46.6 Å². The second-order valence-electron chi connectivity index (χ2n) is 8.35. The standard InChI is InChI=1S/C22H36N4O4/c1-13(2)11-17(20(24)27)25-22(29)19(14(3)4)26-21(28)18(23)15(5)30-12-16-9-7-6-8-10-16/h6-10,13-15,17-19H,11-12,23H2,1-5H3,(H2,24,27)(H,25,29)(H,26,28)/t15-,17+,18+,19+/m1/s1. The van der Waals surface area contributed by atoms with Gasteiger partial charge in [-0.2, -0.15) is 0 Å². The lowest BCUT2D eigenvalue weighted by Crippen LogP contribution is -2.58. The van der Waals surface area contributed by atoms with Gasteiger partial charge in [-0.15, -0.1) is 0 Å². The molecule has 0 saturated heterocycles. The Bertz CT molecular complexity index is 694. The molecule has 1 aromatic rings. The van der Waals surface area contributed by atoms with E-state index in [1.54, 1.807) is 20.8 Å². The van der Waals surface area contributed by atoms with E-state index < -0.39 is 42.0 Å². The average Bonchev–Trinajstić information content (AvgIpc) is 2.68. The van der Waals surface area contributed by atoms with Crippen molar-refractivity contribution in [3.63, 3.8) is 0 Å². The third kappa shape index (κ3) is 8.51. The van der Waals surface area contributed by atoms with Crippen LogP contribution >= 0.6 is 0 Å². The molecule has 4 atom stereocenters. The summed E-state index contributed by atoms with van der Waals surface area (Å²) in [5.41, 5.74) is 12.4. The summed E-state index contributed by atoms with van der Waals surface area (Å²) in [4.78, 5) is 37.0. The molecule has 8 nitrogen and oxygen atoms in total. The Kier molecular flexibility index (Phi) is 10.5. The topological polar surface area (TPSA) is 137 Å². The highest BCUT2D eigenvalue weighted by atomic mass is 16.5. The van der Waals surface area contributed by atoms with Crippen LogP contribution < -0.4 is 22.1 Å². The zero-order valence-electron chi connectivity index (χ0n) is 18.6. The Hall–Kier alpha value is -2.45. The molecule has 0 fully saturated rings. The van der Waals surface area contributed by atoms with E-state index in [0.717, 1.165) is 5.56 Å². The molecule has 0 bridgehead atoms. The lowest BCUT2D eigenvalue weighted by molar-refractivity contribution is -0.134. The SMILES string of the molecule is CC(C)C[C@H](NC(=O)[C@@H](NC(=O)[C@@H](N)[C@@H](C)OCc1ccccc1)C(C)C)C(N)=O. The predicted molar refractivity (Wildman–Crippen MR) is 116 cm³/mol. The summed E-state index contributed by atoms with van der Waals surface area (Å²) in [7, 11) is 0. The van der Waals surface area contributed by atoms with E-state index in [0.29, 0.717) is 13.0 Å². The van der Waals surface area contributed by atoms with Gasteiger partial charge < -0.3 is 26.8 Å². The van der Waals surface area contributed by atoms with E-state index >= 15 is 0 Å². The molecular formula is C22H36N4O4. The zero-order valence-corrected chi connectivity index (χ0v) is 18.6. The van der Waals surface area contributed by atoms with Crippen LogP contribution in [0.2, 0.25) is 0 Å². The van der Waals surface area contributed by atoms with Crippen molar-refractivity contribution < 1.29 is 19.1 Å². The molecule has 1 aromatic carbocycles. The molecule has 0 aliphatic rings. The summed E-state index contributed by atoms with van der Waals surface area (Å²) in [6.45, 7) is 9.50. The summed E-state index contributed by atoms with van der Waals surface area (Å²) in [5.74, 6) is -1.61. The number of amides is 3. The number of carbonyl (C=O) groups is 3. The lowest BCUT2D eigenvalue weighted by Gasteiger charge is -2.27.